The maximum atomic E-state index is 11.7. The van der Waals surface area contributed by atoms with Gasteiger partial charge in [0.25, 0.3) is 0 Å². The van der Waals surface area contributed by atoms with Gasteiger partial charge in [-0.3, -0.25) is 0 Å². The Kier molecular flexibility index (Phi) is 5.90. The molecule has 0 radical (unpaired) electrons. The van der Waals surface area contributed by atoms with Crippen molar-refractivity contribution in [2.75, 3.05) is 25.3 Å². The minimum Gasteiger partial charge on any atom is -0.494 e. The second kappa shape index (κ2) is 8.34. The van der Waals surface area contributed by atoms with Gasteiger partial charge in [0.2, 0.25) is 5.16 Å². The summed E-state index contributed by atoms with van der Waals surface area (Å²) in [6.07, 6.45) is 0.380. The van der Waals surface area contributed by atoms with Gasteiger partial charge < -0.3 is 20.1 Å². The Morgan fingerprint density at radius 2 is 2.11 bits per heavy atom. The number of benzene rings is 1. The van der Waals surface area contributed by atoms with Crippen LogP contribution < -0.4 is 10.6 Å². The maximum absolute atomic E-state index is 11.7. The number of nitrogens with two attached hydrogens (primary N) is 1. The molecule has 1 aromatic carbocycles. The van der Waals surface area contributed by atoms with E-state index in [9.17, 15) is 4.79 Å². The Hall–Kier alpha value is -2.68. The van der Waals surface area contributed by atoms with Gasteiger partial charge in [-0.25, -0.2) is 9.47 Å². The van der Waals surface area contributed by atoms with Crippen LogP contribution in [0.3, 0.4) is 0 Å². The van der Waals surface area contributed by atoms with Gasteiger partial charge in [0, 0.05) is 17.7 Å². The predicted octanol–water partition coefficient (Wildman–Crippen LogP) is 2.39. The standard InChI is InChI=1S/C18H22N4O4S/c1-4-25-13-7-5-12(6-8-13)16-20-21-18(22(16)19)27-10-14-9-15(11(2)26-14)17(23)24-3/h5-8,14H,4,9-10,19H2,1-3H3/t14-/m1/s1. The zero-order chi connectivity index (χ0) is 19.4. The molecule has 1 atom stereocenters. The summed E-state index contributed by atoms with van der Waals surface area (Å²) >= 11 is 1.43. The molecule has 0 unspecified atom stereocenters. The normalized spacial score (nSPS) is 16.3. The van der Waals surface area contributed by atoms with Crippen molar-refractivity contribution in [3.05, 3.63) is 35.6 Å². The summed E-state index contributed by atoms with van der Waals surface area (Å²) in [5.74, 6) is 8.37. The number of nitrogen functional groups attached to an aromatic ring is 1. The highest BCUT2D eigenvalue weighted by molar-refractivity contribution is 7.99. The smallest absolute Gasteiger partial charge is 0.337 e. The molecule has 2 aromatic rings. The number of aromatic nitrogens is 3. The highest BCUT2D eigenvalue weighted by Gasteiger charge is 2.29. The van der Waals surface area contributed by atoms with Crippen molar-refractivity contribution in [1.82, 2.24) is 14.9 Å². The molecule has 9 heteroatoms. The molecule has 3 rings (SSSR count). The third kappa shape index (κ3) is 4.19. The van der Waals surface area contributed by atoms with E-state index in [0.29, 0.717) is 41.1 Å². The van der Waals surface area contributed by atoms with Gasteiger partial charge in [0.05, 0.1) is 19.3 Å². The second-order valence-corrected chi connectivity index (χ2v) is 6.90. The summed E-state index contributed by atoms with van der Waals surface area (Å²) in [7, 11) is 1.37. The van der Waals surface area contributed by atoms with Gasteiger partial charge in [-0.1, -0.05) is 11.8 Å². The third-order valence-corrected chi connectivity index (χ3v) is 5.19. The Morgan fingerprint density at radius 3 is 2.78 bits per heavy atom. The number of methoxy groups -OCH3 is 1. The largest absolute Gasteiger partial charge is 0.494 e. The number of allylic oxidation sites excluding steroid dienone is 1. The molecular formula is C18H22N4O4S. The molecule has 2 N–H and O–H groups in total. The van der Waals surface area contributed by atoms with Gasteiger partial charge >= 0.3 is 5.97 Å². The van der Waals surface area contributed by atoms with E-state index in [2.05, 4.69) is 10.2 Å². The Balaban J connectivity index is 1.62. The zero-order valence-electron chi connectivity index (χ0n) is 15.5. The summed E-state index contributed by atoms with van der Waals surface area (Å²) < 4.78 is 17.4. The van der Waals surface area contributed by atoms with Crippen LogP contribution in [-0.4, -0.2) is 46.4 Å². The molecule has 0 bridgehead atoms. The van der Waals surface area contributed by atoms with Crippen LogP contribution in [0.15, 0.2) is 40.8 Å². The van der Waals surface area contributed by atoms with Crippen LogP contribution in [0, 0.1) is 0 Å². The zero-order valence-corrected chi connectivity index (χ0v) is 16.3. The Morgan fingerprint density at radius 1 is 1.37 bits per heavy atom. The first-order valence-electron chi connectivity index (χ1n) is 8.54. The molecule has 0 saturated heterocycles. The van der Waals surface area contributed by atoms with Gasteiger partial charge in [-0.15, -0.1) is 10.2 Å². The van der Waals surface area contributed by atoms with Crippen molar-refractivity contribution in [2.45, 2.75) is 31.5 Å². The van der Waals surface area contributed by atoms with Crippen molar-refractivity contribution in [3.8, 4) is 17.1 Å². The number of carbonyl (C=O) groups is 1. The Bertz CT molecular complexity index is 848. The highest BCUT2D eigenvalue weighted by atomic mass is 32.2. The van der Waals surface area contributed by atoms with E-state index in [0.717, 1.165) is 11.3 Å². The lowest BCUT2D eigenvalue weighted by atomic mass is 10.1. The maximum Gasteiger partial charge on any atom is 0.337 e. The van der Waals surface area contributed by atoms with E-state index >= 15 is 0 Å². The van der Waals surface area contributed by atoms with E-state index < -0.39 is 0 Å². The number of carbonyl (C=O) groups excluding carboxylic acids is 1. The number of rotatable bonds is 7. The molecule has 2 heterocycles. The molecule has 27 heavy (non-hydrogen) atoms. The summed E-state index contributed by atoms with van der Waals surface area (Å²) in [4.78, 5) is 11.7. The highest BCUT2D eigenvalue weighted by Crippen LogP contribution is 2.30. The summed E-state index contributed by atoms with van der Waals surface area (Å²) in [5.41, 5.74) is 1.43. The van der Waals surface area contributed by atoms with E-state index in [1.165, 1.54) is 23.5 Å². The van der Waals surface area contributed by atoms with Crippen LogP contribution in [0.4, 0.5) is 0 Å². The first-order chi connectivity index (χ1) is 13.0. The molecule has 0 fully saturated rings. The SMILES string of the molecule is CCOc1ccc(-c2nnc(SC[C@H]3CC(C(=O)OC)=C(C)O3)n2N)cc1. The first kappa shape index (κ1) is 19.1. The fourth-order valence-electron chi connectivity index (χ4n) is 2.78. The summed E-state index contributed by atoms with van der Waals surface area (Å²) in [5, 5.41) is 8.91. The predicted molar refractivity (Wildman–Crippen MR) is 102 cm³/mol. The van der Waals surface area contributed by atoms with Gasteiger partial charge in [-0.05, 0) is 38.1 Å². The summed E-state index contributed by atoms with van der Waals surface area (Å²) in [6.45, 7) is 4.32. The minimum atomic E-state index is -0.347. The van der Waals surface area contributed by atoms with Crippen molar-refractivity contribution in [1.29, 1.82) is 0 Å². The van der Waals surface area contributed by atoms with Crippen molar-refractivity contribution >= 4 is 17.7 Å². The monoisotopic (exact) mass is 390 g/mol. The Labute approximate surface area is 161 Å². The molecule has 8 nitrogen and oxygen atoms in total. The molecule has 0 saturated carbocycles. The van der Waals surface area contributed by atoms with Crippen molar-refractivity contribution in [2.24, 2.45) is 0 Å². The molecule has 1 aromatic heterocycles. The van der Waals surface area contributed by atoms with Crippen LogP contribution >= 0.6 is 11.8 Å². The van der Waals surface area contributed by atoms with Crippen molar-refractivity contribution < 1.29 is 19.0 Å². The fourth-order valence-corrected chi connectivity index (χ4v) is 3.63. The first-order valence-corrected chi connectivity index (χ1v) is 9.53. The van der Waals surface area contributed by atoms with E-state index in [1.807, 2.05) is 31.2 Å². The average molecular weight is 390 g/mol. The molecular weight excluding hydrogens is 368 g/mol. The number of ether oxygens (including phenoxy) is 3. The molecule has 1 aliphatic heterocycles. The third-order valence-electron chi connectivity index (χ3n) is 4.12. The lowest BCUT2D eigenvalue weighted by Crippen LogP contribution is -2.15. The van der Waals surface area contributed by atoms with Gasteiger partial charge in [0.15, 0.2) is 5.82 Å². The van der Waals surface area contributed by atoms with Gasteiger partial charge in [-0.2, -0.15) is 0 Å². The van der Waals surface area contributed by atoms with Crippen LogP contribution in [0.2, 0.25) is 0 Å². The fraction of sp³-hybridized carbons (Fsp3) is 0.389. The minimum absolute atomic E-state index is 0.130. The second-order valence-electron chi connectivity index (χ2n) is 5.91. The van der Waals surface area contributed by atoms with Gasteiger partial charge in [0.1, 0.15) is 17.6 Å². The topological polar surface area (TPSA) is 101 Å². The van der Waals surface area contributed by atoms with E-state index in [-0.39, 0.29) is 12.1 Å². The summed E-state index contributed by atoms with van der Waals surface area (Å²) in [6, 6.07) is 7.52. The molecule has 1 aliphatic rings. The molecule has 0 amide bonds. The van der Waals surface area contributed by atoms with Crippen LogP contribution in [-0.2, 0) is 14.3 Å². The van der Waals surface area contributed by atoms with Crippen molar-refractivity contribution in [3.63, 3.8) is 0 Å². The van der Waals surface area contributed by atoms with E-state index in [1.54, 1.807) is 6.92 Å². The number of esters is 1. The van der Waals surface area contributed by atoms with Crippen LogP contribution in [0.25, 0.3) is 11.4 Å². The number of hydrogen-bond acceptors (Lipinski definition) is 8. The van der Waals surface area contributed by atoms with Crippen LogP contribution in [0.1, 0.15) is 20.3 Å². The lowest BCUT2D eigenvalue weighted by Gasteiger charge is -2.10. The van der Waals surface area contributed by atoms with Crippen LogP contribution in [0.5, 0.6) is 5.75 Å². The lowest BCUT2D eigenvalue weighted by molar-refractivity contribution is -0.136. The quantitative estimate of drug-likeness (QED) is 0.437. The molecule has 144 valence electrons. The number of thioether (sulfide) groups is 1. The number of nitrogens with zero attached hydrogens (tertiary/aromatic N) is 3. The average Bonchev–Trinajstić information content (AvgIpc) is 3.23. The molecule has 0 aliphatic carbocycles. The number of hydrogen-bond donors (Lipinski definition) is 1. The molecule has 0 spiro atoms. The van der Waals surface area contributed by atoms with E-state index in [4.69, 9.17) is 20.1 Å².